The van der Waals surface area contributed by atoms with Crippen molar-refractivity contribution < 1.29 is 0 Å². The Hall–Kier alpha value is -1.24. The Kier molecular flexibility index (Phi) is 3.66. The normalized spacial score (nSPS) is 10.2. The Bertz CT molecular complexity index is 548. The molecule has 0 atom stereocenters. The van der Waals surface area contributed by atoms with Crippen LogP contribution in [0.25, 0.3) is 10.9 Å². The number of pyridine rings is 1. The molecule has 1 aromatic carbocycles. The number of para-hydroxylation sites is 1. The minimum atomic E-state index is 0.584. The second kappa shape index (κ2) is 5.20. The number of thioether (sulfide) groups is 1. The summed E-state index contributed by atoms with van der Waals surface area (Å²) in [6.45, 7) is 0. The highest BCUT2D eigenvalue weighted by atomic mass is 35.5. The molecule has 0 radical (unpaired) electrons. The number of rotatable bonds is 3. The fourth-order valence-electron chi connectivity index (χ4n) is 1.46. The Morgan fingerprint density at radius 3 is 2.94 bits per heavy atom. The van der Waals surface area contributed by atoms with Gasteiger partial charge in [-0.25, -0.2) is 4.98 Å². The van der Waals surface area contributed by atoms with Crippen LogP contribution in [0.2, 0.25) is 0 Å². The number of alkyl halides is 1. The van der Waals surface area contributed by atoms with Crippen molar-refractivity contribution in [1.82, 2.24) is 4.98 Å². The average Bonchev–Trinajstić information content (AvgIpc) is 2.35. The maximum absolute atomic E-state index is 9.07. The lowest BCUT2D eigenvalue weighted by molar-refractivity contribution is 1.18. The lowest BCUT2D eigenvalue weighted by Crippen LogP contribution is -1.89. The molecule has 2 nitrogen and oxygen atoms in total. The fraction of sp³-hybridized carbons (Fsp3) is 0.167. The highest BCUT2D eigenvalue weighted by molar-refractivity contribution is 7.99. The monoisotopic (exact) mass is 248 g/mol. The summed E-state index contributed by atoms with van der Waals surface area (Å²) in [7, 11) is 0. The molecule has 0 aliphatic heterocycles. The molecule has 0 amide bonds. The van der Waals surface area contributed by atoms with Gasteiger partial charge in [0.15, 0.2) is 0 Å². The molecule has 0 unspecified atom stereocenters. The Morgan fingerprint density at radius 1 is 1.38 bits per heavy atom. The van der Waals surface area contributed by atoms with Crippen molar-refractivity contribution >= 4 is 34.3 Å². The van der Waals surface area contributed by atoms with Gasteiger partial charge >= 0.3 is 0 Å². The summed E-state index contributed by atoms with van der Waals surface area (Å²) in [5.41, 5.74) is 1.53. The molecule has 2 rings (SSSR count). The van der Waals surface area contributed by atoms with E-state index >= 15 is 0 Å². The summed E-state index contributed by atoms with van der Waals surface area (Å²) in [5.74, 6) is 1.39. The maximum atomic E-state index is 9.07. The molecule has 4 heteroatoms. The van der Waals surface area contributed by atoms with Gasteiger partial charge in [0.05, 0.1) is 22.2 Å². The molecule has 1 heterocycles. The zero-order chi connectivity index (χ0) is 11.4. The van der Waals surface area contributed by atoms with E-state index in [1.165, 1.54) is 0 Å². The van der Waals surface area contributed by atoms with Crippen LogP contribution in [0, 0.1) is 11.3 Å². The second-order valence-corrected chi connectivity index (χ2v) is 4.67. The molecule has 0 fully saturated rings. The summed E-state index contributed by atoms with van der Waals surface area (Å²) in [4.78, 5) is 4.47. The molecular weight excluding hydrogens is 240 g/mol. The van der Waals surface area contributed by atoms with Crippen molar-refractivity contribution in [3.05, 3.63) is 35.9 Å². The third-order valence-corrected chi connectivity index (χ3v) is 3.47. The van der Waals surface area contributed by atoms with Gasteiger partial charge in [0, 0.05) is 17.0 Å². The topological polar surface area (TPSA) is 36.7 Å². The molecule has 16 heavy (non-hydrogen) atoms. The van der Waals surface area contributed by atoms with Crippen LogP contribution >= 0.6 is 23.4 Å². The molecule has 0 N–H and O–H groups in total. The van der Waals surface area contributed by atoms with E-state index in [1.54, 1.807) is 11.8 Å². The van der Waals surface area contributed by atoms with E-state index in [9.17, 15) is 0 Å². The lowest BCUT2D eigenvalue weighted by Gasteiger charge is -2.03. The average molecular weight is 249 g/mol. The fourth-order valence-corrected chi connectivity index (χ4v) is 2.34. The van der Waals surface area contributed by atoms with Gasteiger partial charge in [-0.05, 0) is 12.1 Å². The van der Waals surface area contributed by atoms with Crippen molar-refractivity contribution in [3.8, 4) is 6.07 Å². The Balaban J connectivity index is 2.51. The Labute approximate surface area is 103 Å². The summed E-state index contributed by atoms with van der Waals surface area (Å²) in [6.07, 6.45) is 0. The number of halogens is 1. The standard InChI is InChI=1S/C12H9ClN2S/c13-5-6-16-12-7-9(8-14)10-3-1-2-4-11(10)15-12/h1-4,7H,5-6H2. The molecule has 2 aromatic rings. The van der Waals surface area contributed by atoms with Crippen molar-refractivity contribution in [2.45, 2.75) is 5.03 Å². The molecule has 0 aliphatic rings. The predicted molar refractivity (Wildman–Crippen MR) is 67.9 cm³/mol. The van der Waals surface area contributed by atoms with E-state index in [0.29, 0.717) is 11.4 Å². The minimum absolute atomic E-state index is 0.584. The van der Waals surface area contributed by atoms with Crippen LogP contribution in [-0.4, -0.2) is 16.6 Å². The molecule has 0 aliphatic carbocycles. The SMILES string of the molecule is N#Cc1cc(SCCCl)nc2ccccc12. The summed E-state index contributed by atoms with van der Waals surface area (Å²) < 4.78 is 0. The van der Waals surface area contributed by atoms with Crippen molar-refractivity contribution in [2.24, 2.45) is 0 Å². The molecule has 1 aromatic heterocycles. The van der Waals surface area contributed by atoms with Gasteiger partial charge in [-0.15, -0.1) is 23.4 Å². The number of hydrogen-bond acceptors (Lipinski definition) is 3. The van der Waals surface area contributed by atoms with Crippen LogP contribution in [0.5, 0.6) is 0 Å². The largest absolute Gasteiger partial charge is 0.241 e. The Morgan fingerprint density at radius 2 is 2.19 bits per heavy atom. The van der Waals surface area contributed by atoms with Crippen LogP contribution in [0.3, 0.4) is 0 Å². The first-order chi connectivity index (χ1) is 7.85. The first kappa shape index (κ1) is 11.3. The molecular formula is C12H9ClN2S. The van der Waals surface area contributed by atoms with E-state index in [4.69, 9.17) is 16.9 Å². The van der Waals surface area contributed by atoms with Crippen molar-refractivity contribution in [2.75, 3.05) is 11.6 Å². The first-order valence-electron chi connectivity index (χ1n) is 4.84. The van der Waals surface area contributed by atoms with Gasteiger partial charge < -0.3 is 0 Å². The number of nitrogens with zero attached hydrogens (tertiary/aromatic N) is 2. The van der Waals surface area contributed by atoms with E-state index in [0.717, 1.165) is 21.7 Å². The smallest absolute Gasteiger partial charge is 0.0999 e. The van der Waals surface area contributed by atoms with Crippen LogP contribution in [-0.2, 0) is 0 Å². The quantitative estimate of drug-likeness (QED) is 0.617. The van der Waals surface area contributed by atoms with Gasteiger partial charge in [-0.3, -0.25) is 0 Å². The first-order valence-corrected chi connectivity index (χ1v) is 6.36. The van der Waals surface area contributed by atoms with Crippen LogP contribution in [0.4, 0.5) is 0 Å². The lowest BCUT2D eigenvalue weighted by atomic mass is 10.1. The minimum Gasteiger partial charge on any atom is -0.241 e. The van der Waals surface area contributed by atoms with Crippen molar-refractivity contribution in [1.29, 1.82) is 5.26 Å². The molecule has 0 bridgehead atoms. The second-order valence-electron chi connectivity index (χ2n) is 3.17. The van der Waals surface area contributed by atoms with E-state index in [2.05, 4.69) is 11.1 Å². The number of fused-ring (bicyclic) bond motifs is 1. The van der Waals surface area contributed by atoms with Crippen LogP contribution < -0.4 is 0 Å². The number of benzene rings is 1. The summed E-state index contributed by atoms with van der Waals surface area (Å²) in [5, 5.41) is 10.8. The predicted octanol–water partition coefficient (Wildman–Crippen LogP) is 3.44. The van der Waals surface area contributed by atoms with Crippen LogP contribution in [0.1, 0.15) is 5.56 Å². The summed E-state index contributed by atoms with van der Waals surface area (Å²) in [6, 6.07) is 11.7. The van der Waals surface area contributed by atoms with Crippen molar-refractivity contribution in [3.63, 3.8) is 0 Å². The molecule has 0 saturated carbocycles. The zero-order valence-electron chi connectivity index (χ0n) is 8.48. The highest BCUT2D eigenvalue weighted by Gasteiger charge is 2.04. The van der Waals surface area contributed by atoms with Crippen LogP contribution in [0.15, 0.2) is 35.4 Å². The molecule has 80 valence electrons. The molecule has 0 spiro atoms. The zero-order valence-corrected chi connectivity index (χ0v) is 10.1. The van der Waals surface area contributed by atoms with E-state index < -0.39 is 0 Å². The number of aromatic nitrogens is 1. The van der Waals surface area contributed by atoms with Gasteiger partial charge in [0.1, 0.15) is 0 Å². The van der Waals surface area contributed by atoms with E-state index in [1.807, 2.05) is 30.3 Å². The van der Waals surface area contributed by atoms with Gasteiger partial charge in [-0.1, -0.05) is 18.2 Å². The number of hydrogen-bond donors (Lipinski definition) is 0. The summed E-state index contributed by atoms with van der Waals surface area (Å²) >= 11 is 7.20. The van der Waals surface area contributed by atoms with Gasteiger partial charge in [0.2, 0.25) is 0 Å². The third kappa shape index (κ3) is 2.29. The molecule has 0 saturated heterocycles. The van der Waals surface area contributed by atoms with Gasteiger partial charge in [0.25, 0.3) is 0 Å². The van der Waals surface area contributed by atoms with Gasteiger partial charge in [-0.2, -0.15) is 5.26 Å². The maximum Gasteiger partial charge on any atom is 0.0999 e. The van der Waals surface area contributed by atoms with E-state index in [-0.39, 0.29) is 0 Å². The highest BCUT2D eigenvalue weighted by Crippen LogP contribution is 2.23. The number of nitriles is 1. The third-order valence-electron chi connectivity index (χ3n) is 2.14.